The van der Waals surface area contributed by atoms with E-state index in [1.165, 1.54) is 0 Å². The van der Waals surface area contributed by atoms with Gasteiger partial charge in [-0.3, -0.25) is 4.79 Å². The summed E-state index contributed by atoms with van der Waals surface area (Å²) in [5, 5.41) is 10.1. The minimum atomic E-state index is -1.26. The Kier molecular flexibility index (Phi) is 6.13. The number of hydrogen-bond donors (Lipinski definition) is 1. The molecule has 7 heteroatoms. The number of ether oxygens (including phenoxy) is 1. The molecule has 0 bridgehead atoms. The van der Waals surface area contributed by atoms with Gasteiger partial charge in [0, 0.05) is 0 Å². The second-order valence-corrected chi connectivity index (χ2v) is 12.2. The number of para-hydroxylation sites is 1. The quantitative estimate of drug-likeness (QED) is 0.376. The van der Waals surface area contributed by atoms with Crippen molar-refractivity contribution in [1.82, 2.24) is 0 Å². The number of hydrogen-bond acceptors (Lipinski definition) is 2. The van der Waals surface area contributed by atoms with E-state index in [9.17, 15) is 9.90 Å². The summed E-state index contributed by atoms with van der Waals surface area (Å²) < 4.78 is 4.63. The van der Waals surface area contributed by atoms with Gasteiger partial charge in [-0.15, -0.1) is 0 Å². The Bertz CT molecular complexity index is 867. The minimum absolute atomic E-state index is 0.259. The molecular weight excluding hydrogens is 531 g/mol. The van der Waals surface area contributed by atoms with Gasteiger partial charge in [0.1, 0.15) is 11.5 Å². The van der Waals surface area contributed by atoms with E-state index in [0.29, 0.717) is 12.2 Å². The molecule has 0 aliphatic heterocycles. The van der Waals surface area contributed by atoms with Crippen LogP contribution in [0.1, 0.15) is 19.4 Å². The molecule has 150 valence electrons. The van der Waals surface area contributed by atoms with Gasteiger partial charge >= 0.3 is 5.97 Å². The molecule has 2 aromatic carbocycles. The van der Waals surface area contributed by atoms with E-state index in [-0.39, 0.29) is 5.92 Å². The lowest BCUT2D eigenvalue weighted by molar-refractivity contribution is -0.145. The minimum Gasteiger partial charge on any atom is -0.481 e. The molecule has 3 nitrogen and oxygen atoms in total. The van der Waals surface area contributed by atoms with Gasteiger partial charge in [-0.25, -0.2) is 0 Å². The van der Waals surface area contributed by atoms with Crippen LogP contribution in [-0.2, 0) is 11.2 Å². The zero-order valence-electron chi connectivity index (χ0n) is 15.3. The first-order valence-electron chi connectivity index (χ1n) is 8.76. The first-order chi connectivity index (χ1) is 13.0. The molecular formula is C21H20Br2Cl2O3. The van der Waals surface area contributed by atoms with Crippen LogP contribution in [0.2, 0.25) is 0 Å². The Balaban J connectivity index is 1.88. The van der Waals surface area contributed by atoms with Gasteiger partial charge in [-0.2, -0.15) is 0 Å². The highest BCUT2D eigenvalue weighted by atomic mass is 79.9. The largest absolute Gasteiger partial charge is 0.481 e. The van der Waals surface area contributed by atoms with Gasteiger partial charge in [0.05, 0.1) is 10.2 Å². The maximum atomic E-state index is 12.4. The van der Waals surface area contributed by atoms with Crippen LogP contribution in [0.3, 0.4) is 0 Å². The molecule has 28 heavy (non-hydrogen) atoms. The Morgan fingerprint density at radius 2 is 1.79 bits per heavy atom. The molecule has 1 N–H and O–H groups in total. The fourth-order valence-electron chi connectivity index (χ4n) is 4.19. The van der Waals surface area contributed by atoms with Gasteiger partial charge in [0.2, 0.25) is 0 Å². The Morgan fingerprint density at radius 1 is 1.18 bits per heavy atom. The summed E-state index contributed by atoms with van der Waals surface area (Å²) in [5.74, 6) is 0.280. The molecule has 1 saturated carbocycles. The summed E-state index contributed by atoms with van der Waals surface area (Å²) in [6, 6.07) is 17.0. The summed E-state index contributed by atoms with van der Waals surface area (Å²) in [5.41, 5.74) is -0.600. The lowest BCUT2D eigenvalue weighted by atomic mass is 9.88. The fourth-order valence-corrected chi connectivity index (χ4v) is 5.82. The zero-order valence-corrected chi connectivity index (χ0v) is 20.0. The molecule has 1 fully saturated rings. The lowest BCUT2D eigenvalue weighted by Crippen LogP contribution is -2.29. The van der Waals surface area contributed by atoms with Gasteiger partial charge in [-0.1, -0.05) is 83.3 Å². The first kappa shape index (κ1) is 21.9. The first-order valence-corrected chi connectivity index (χ1v) is 11.2. The number of halogens is 4. The number of carbonyl (C=O) groups is 1. The molecule has 1 unspecified atom stereocenters. The molecule has 0 saturated heterocycles. The third-order valence-corrected chi connectivity index (χ3v) is 9.04. The van der Waals surface area contributed by atoms with Crippen LogP contribution in [0, 0.1) is 16.7 Å². The third-order valence-electron chi connectivity index (χ3n) is 5.72. The van der Waals surface area contributed by atoms with Crippen molar-refractivity contribution in [1.29, 1.82) is 0 Å². The molecule has 0 heterocycles. The van der Waals surface area contributed by atoms with Crippen molar-refractivity contribution >= 4 is 61.0 Å². The van der Waals surface area contributed by atoms with Crippen LogP contribution in [0.4, 0.5) is 0 Å². The Hall–Kier alpha value is -0.750. The number of rotatable bonds is 7. The van der Waals surface area contributed by atoms with Crippen molar-refractivity contribution in [2.45, 2.75) is 28.3 Å². The number of benzene rings is 2. The molecule has 2 aromatic rings. The maximum Gasteiger partial charge on any atom is 0.310 e. The molecule has 3 atom stereocenters. The third kappa shape index (κ3) is 3.96. The summed E-state index contributed by atoms with van der Waals surface area (Å²) >= 11 is 19.2. The van der Waals surface area contributed by atoms with Crippen molar-refractivity contribution in [3.05, 3.63) is 60.2 Å². The molecule has 0 radical (unpaired) electrons. The smallest absolute Gasteiger partial charge is 0.310 e. The predicted molar refractivity (Wildman–Crippen MR) is 120 cm³/mol. The maximum absolute atomic E-state index is 12.4. The number of alkyl halides is 4. The van der Waals surface area contributed by atoms with Gasteiger partial charge in [0.25, 0.3) is 0 Å². The van der Waals surface area contributed by atoms with E-state index >= 15 is 0 Å². The summed E-state index contributed by atoms with van der Waals surface area (Å²) in [6.07, 6.45) is 0.352. The molecule has 0 amide bonds. The monoisotopic (exact) mass is 548 g/mol. The van der Waals surface area contributed by atoms with E-state index in [0.717, 1.165) is 11.3 Å². The number of carboxylic acids is 1. The predicted octanol–water partition coefficient (Wildman–Crippen LogP) is 7.04. The fraction of sp³-hybridized carbons (Fsp3) is 0.381. The van der Waals surface area contributed by atoms with Crippen LogP contribution in [-0.4, -0.2) is 19.1 Å². The molecule has 1 aliphatic carbocycles. The number of aliphatic carboxylic acids is 1. The topological polar surface area (TPSA) is 46.5 Å². The van der Waals surface area contributed by atoms with E-state index < -0.39 is 24.9 Å². The van der Waals surface area contributed by atoms with Crippen molar-refractivity contribution in [3.8, 4) is 11.5 Å². The lowest BCUT2D eigenvalue weighted by Gasteiger charge is -2.22. The van der Waals surface area contributed by atoms with E-state index in [1.807, 2.05) is 68.4 Å². The molecule has 1 aliphatic rings. The summed E-state index contributed by atoms with van der Waals surface area (Å²) in [6.45, 7) is 3.88. The van der Waals surface area contributed by atoms with Crippen molar-refractivity contribution in [3.63, 3.8) is 0 Å². The highest BCUT2D eigenvalue weighted by molar-refractivity contribution is 9.13. The Labute approximate surface area is 191 Å². The molecule has 0 spiro atoms. The van der Waals surface area contributed by atoms with Crippen LogP contribution in [0.25, 0.3) is 0 Å². The zero-order chi connectivity index (χ0) is 20.7. The normalized spacial score (nSPS) is 24.4. The van der Waals surface area contributed by atoms with E-state index in [1.54, 1.807) is 0 Å². The SMILES string of the molecule is CC1(C)C([C@H](Br)C(Cl)(Cl)Br)[C@@]1(Cc1cccc(Oc2ccccc2)c1)C(=O)O. The summed E-state index contributed by atoms with van der Waals surface area (Å²) in [7, 11) is 0. The van der Waals surface area contributed by atoms with Crippen LogP contribution in [0.5, 0.6) is 11.5 Å². The van der Waals surface area contributed by atoms with Gasteiger partial charge < -0.3 is 9.84 Å². The second-order valence-electron chi connectivity index (χ2n) is 7.66. The Morgan fingerprint density at radius 3 is 2.36 bits per heavy atom. The van der Waals surface area contributed by atoms with Crippen LogP contribution in [0.15, 0.2) is 54.6 Å². The highest BCUT2D eigenvalue weighted by Gasteiger charge is 2.78. The van der Waals surface area contributed by atoms with Gasteiger partial charge in [0.15, 0.2) is 3.24 Å². The van der Waals surface area contributed by atoms with Crippen molar-refractivity contribution in [2.75, 3.05) is 0 Å². The second kappa shape index (κ2) is 7.82. The van der Waals surface area contributed by atoms with Gasteiger partial charge in [-0.05, 0) is 63.5 Å². The standard InChI is InChI=1S/C21H20Br2Cl2O3/c1-19(2)16(17(22)21(23,24)25)20(19,18(26)27)12-13-7-6-10-15(11-13)28-14-8-4-3-5-9-14/h3-11,16-17H,12H2,1-2H3,(H,26,27)/t16?,17-,20-/m0/s1. The van der Waals surface area contributed by atoms with E-state index in [4.69, 9.17) is 27.9 Å². The van der Waals surface area contributed by atoms with Crippen molar-refractivity contribution in [2.24, 2.45) is 16.7 Å². The molecule has 3 rings (SSSR count). The van der Waals surface area contributed by atoms with Crippen LogP contribution >= 0.6 is 55.1 Å². The average molecular weight is 551 g/mol. The van der Waals surface area contributed by atoms with E-state index in [2.05, 4.69) is 31.9 Å². The highest BCUT2D eigenvalue weighted by Crippen LogP contribution is 2.74. The number of carboxylic acid groups (broad SMARTS) is 1. The average Bonchev–Trinajstić information content (AvgIpc) is 3.10. The van der Waals surface area contributed by atoms with Crippen LogP contribution < -0.4 is 4.74 Å². The van der Waals surface area contributed by atoms with Crippen molar-refractivity contribution < 1.29 is 14.6 Å². The summed E-state index contributed by atoms with van der Waals surface area (Å²) in [4.78, 5) is 11.9. The molecule has 0 aromatic heterocycles.